The van der Waals surface area contributed by atoms with Crippen molar-refractivity contribution in [3.63, 3.8) is 0 Å². The highest BCUT2D eigenvalue weighted by molar-refractivity contribution is 4.91. The molecular formula is C11H18O3. The van der Waals surface area contributed by atoms with Crippen LogP contribution in [0.1, 0.15) is 19.3 Å². The quantitative estimate of drug-likeness (QED) is 0.646. The van der Waals surface area contributed by atoms with Gasteiger partial charge in [0.05, 0.1) is 13.2 Å². The van der Waals surface area contributed by atoms with E-state index in [1.165, 1.54) is 6.42 Å². The number of hydrogen-bond donors (Lipinski definition) is 0. The standard InChI is InChI=1S/C11H18O3/c1-12-7-10-8-13-11(14-10)9-5-3-2-4-6-9/h2-3,9-11H,4-8H2,1H3/t9-,10-,11+/m0/s1. The molecule has 0 aromatic rings. The van der Waals surface area contributed by atoms with Crippen molar-refractivity contribution >= 4 is 0 Å². The normalized spacial score (nSPS) is 37.6. The molecule has 0 bridgehead atoms. The van der Waals surface area contributed by atoms with Crippen molar-refractivity contribution in [1.29, 1.82) is 0 Å². The van der Waals surface area contributed by atoms with E-state index in [1.54, 1.807) is 7.11 Å². The van der Waals surface area contributed by atoms with Gasteiger partial charge in [-0.1, -0.05) is 12.2 Å². The first-order valence-corrected chi connectivity index (χ1v) is 5.31. The van der Waals surface area contributed by atoms with Crippen LogP contribution in [-0.2, 0) is 14.2 Å². The fourth-order valence-electron chi connectivity index (χ4n) is 2.06. The van der Waals surface area contributed by atoms with E-state index in [2.05, 4.69) is 12.2 Å². The monoisotopic (exact) mass is 198 g/mol. The van der Waals surface area contributed by atoms with E-state index in [0.29, 0.717) is 19.1 Å². The lowest BCUT2D eigenvalue weighted by Crippen LogP contribution is -2.24. The summed E-state index contributed by atoms with van der Waals surface area (Å²) in [7, 11) is 1.69. The Balaban J connectivity index is 1.79. The lowest BCUT2D eigenvalue weighted by molar-refractivity contribution is -0.105. The average Bonchev–Trinajstić information content (AvgIpc) is 2.68. The molecule has 0 unspecified atom stereocenters. The molecule has 1 aliphatic carbocycles. The lowest BCUT2D eigenvalue weighted by atomic mass is 9.94. The van der Waals surface area contributed by atoms with Crippen molar-refractivity contribution < 1.29 is 14.2 Å². The maximum absolute atomic E-state index is 5.76. The molecule has 1 heterocycles. The summed E-state index contributed by atoms with van der Waals surface area (Å²) in [5.41, 5.74) is 0. The van der Waals surface area contributed by atoms with Crippen molar-refractivity contribution in [3.05, 3.63) is 12.2 Å². The smallest absolute Gasteiger partial charge is 0.161 e. The number of hydrogen-bond acceptors (Lipinski definition) is 3. The Hall–Kier alpha value is -0.380. The molecule has 3 heteroatoms. The van der Waals surface area contributed by atoms with Crippen molar-refractivity contribution in [2.24, 2.45) is 5.92 Å². The Morgan fingerprint density at radius 2 is 2.36 bits per heavy atom. The molecule has 2 rings (SSSR count). The van der Waals surface area contributed by atoms with E-state index in [-0.39, 0.29) is 12.4 Å². The molecule has 1 fully saturated rings. The highest BCUT2D eigenvalue weighted by Crippen LogP contribution is 2.28. The Morgan fingerprint density at radius 1 is 1.43 bits per heavy atom. The lowest BCUT2D eigenvalue weighted by Gasteiger charge is -2.23. The summed E-state index contributed by atoms with van der Waals surface area (Å²) in [5, 5.41) is 0. The summed E-state index contributed by atoms with van der Waals surface area (Å²) in [4.78, 5) is 0. The van der Waals surface area contributed by atoms with Crippen molar-refractivity contribution in [3.8, 4) is 0 Å². The van der Waals surface area contributed by atoms with E-state index in [0.717, 1.165) is 12.8 Å². The average molecular weight is 198 g/mol. The van der Waals surface area contributed by atoms with Crippen molar-refractivity contribution in [1.82, 2.24) is 0 Å². The van der Waals surface area contributed by atoms with Gasteiger partial charge >= 0.3 is 0 Å². The zero-order valence-corrected chi connectivity index (χ0v) is 8.65. The predicted octanol–water partition coefficient (Wildman–Crippen LogP) is 1.73. The fraction of sp³-hybridized carbons (Fsp3) is 0.818. The van der Waals surface area contributed by atoms with Crippen LogP contribution in [0.2, 0.25) is 0 Å². The minimum Gasteiger partial charge on any atom is -0.382 e. The van der Waals surface area contributed by atoms with E-state index in [4.69, 9.17) is 14.2 Å². The minimum absolute atomic E-state index is 0.0000926. The Bertz CT molecular complexity index is 203. The van der Waals surface area contributed by atoms with Gasteiger partial charge < -0.3 is 14.2 Å². The summed E-state index contributed by atoms with van der Waals surface area (Å²) in [6.45, 7) is 1.32. The van der Waals surface area contributed by atoms with Gasteiger partial charge in [0.25, 0.3) is 0 Å². The maximum atomic E-state index is 5.76. The number of ether oxygens (including phenoxy) is 3. The molecule has 0 aromatic heterocycles. The first kappa shape index (κ1) is 10.1. The third-order valence-corrected chi connectivity index (χ3v) is 2.82. The van der Waals surface area contributed by atoms with Crippen LogP contribution in [0.5, 0.6) is 0 Å². The first-order valence-electron chi connectivity index (χ1n) is 5.31. The van der Waals surface area contributed by atoms with Crippen LogP contribution in [0.4, 0.5) is 0 Å². The van der Waals surface area contributed by atoms with Crippen LogP contribution in [0.3, 0.4) is 0 Å². The molecule has 0 N–H and O–H groups in total. The highest BCUT2D eigenvalue weighted by atomic mass is 16.7. The molecule has 3 atom stereocenters. The minimum atomic E-state index is 0.0000926. The summed E-state index contributed by atoms with van der Waals surface area (Å²) < 4.78 is 16.4. The highest BCUT2D eigenvalue weighted by Gasteiger charge is 2.32. The van der Waals surface area contributed by atoms with E-state index >= 15 is 0 Å². The van der Waals surface area contributed by atoms with Gasteiger partial charge in [-0.15, -0.1) is 0 Å². The Morgan fingerprint density at radius 3 is 3.07 bits per heavy atom. The predicted molar refractivity (Wildman–Crippen MR) is 53.0 cm³/mol. The number of allylic oxidation sites excluding steroid dienone is 2. The second-order valence-corrected chi connectivity index (χ2v) is 3.96. The molecule has 3 nitrogen and oxygen atoms in total. The van der Waals surface area contributed by atoms with Crippen LogP contribution < -0.4 is 0 Å². The van der Waals surface area contributed by atoms with Gasteiger partial charge in [0.2, 0.25) is 0 Å². The van der Waals surface area contributed by atoms with Crippen LogP contribution in [0.15, 0.2) is 12.2 Å². The summed E-state index contributed by atoms with van der Waals surface area (Å²) in [6, 6.07) is 0. The molecule has 0 radical (unpaired) electrons. The van der Waals surface area contributed by atoms with Gasteiger partial charge in [0.15, 0.2) is 6.29 Å². The second kappa shape index (κ2) is 4.91. The molecule has 2 aliphatic rings. The molecule has 0 spiro atoms. The van der Waals surface area contributed by atoms with Gasteiger partial charge in [0.1, 0.15) is 6.10 Å². The third kappa shape index (κ3) is 2.35. The van der Waals surface area contributed by atoms with Crippen molar-refractivity contribution in [2.75, 3.05) is 20.3 Å². The van der Waals surface area contributed by atoms with Crippen LogP contribution in [-0.4, -0.2) is 32.7 Å². The largest absolute Gasteiger partial charge is 0.382 e. The van der Waals surface area contributed by atoms with Crippen LogP contribution in [0.25, 0.3) is 0 Å². The van der Waals surface area contributed by atoms with Gasteiger partial charge in [-0.05, 0) is 19.3 Å². The van der Waals surface area contributed by atoms with Gasteiger partial charge in [0, 0.05) is 13.0 Å². The van der Waals surface area contributed by atoms with E-state index < -0.39 is 0 Å². The third-order valence-electron chi connectivity index (χ3n) is 2.82. The molecule has 0 aromatic carbocycles. The zero-order valence-electron chi connectivity index (χ0n) is 8.65. The molecule has 1 aliphatic heterocycles. The second-order valence-electron chi connectivity index (χ2n) is 3.96. The summed E-state index contributed by atoms with van der Waals surface area (Å²) in [6.07, 6.45) is 8.02. The number of rotatable bonds is 3. The zero-order chi connectivity index (χ0) is 9.80. The SMILES string of the molecule is COC[C@H]1CO[C@@H]([C@H]2CC=CCC2)O1. The molecule has 14 heavy (non-hydrogen) atoms. The van der Waals surface area contributed by atoms with Gasteiger partial charge in [-0.2, -0.15) is 0 Å². The topological polar surface area (TPSA) is 27.7 Å². The Labute approximate surface area is 85.0 Å². The van der Waals surface area contributed by atoms with E-state index in [9.17, 15) is 0 Å². The van der Waals surface area contributed by atoms with E-state index in [1.807, 2.05) is 0 Å². The molecular weight excluding hydrogens is 180 g/mol. The molecule has 1 saturated heterocycles. The van der Waals surface area contributed by atoms with Crippen molar-refractivity contribution in [2.45, 2.75) is 31.7 Å². The summed E-state index contributed by atoms with van der Waals surface area (Å²) >= 11 is 0. The first-order chi connectivity index (χ1) is 6.90. The fourth-order valence-corrected chi connectivity index (χ4v) is 2.06. The Kier molecular flexibility index (Phi) is 3.56. The van der Waals surface area contributed by atoms with Crippen LogP contribution >= 0.6 is 0 Å². The van der Waals surface area contributed by atoms with Gasteiger partial charge in [-0.3, -0.25) is 0 Å². The molecule has 0 saturated carbocycles. The number of methoxy groups -OCH3 is 1. The molecule has 80 valence electrons. The maximum Gasteiger partial charge on any atom is 0.161 e. The van der Waals surface area contributed by atoms with Gasteiger partial charge in [-0.25, -0.2) is 0 Å². The summed E-state index contributed by atoms with van der Waals surface area (Å²) in [5.74, 6) is 0.543. The molecule has 0 amide bonds. The van der Waals surface area contributed by atoms with Crippen LogP contribution in [0, 0.1) is 5.92 Å².